The number of carboxylic acid groups (broad SMARTS) is 1. The highest BCUT2D eigenvalue weighted by Gasteiger charge is 2.51. The average Bonchev–Trinajstić information content (AvgIpc) is 3.08. The highest BCUT2D eigenvalue weighted by molar-refractivity contribution is 5.67. The molecule has 0 unspecified atom stereocenters. The van der Waals surface area contributed by atoms with Crippen LogP contribution in [0.1, 0.15) is 50.6 Å². The van der Waals surface area contributed by atoms with Crippen molar-refractivity contribution < 1.29 is 14.6 Å². The topological polar surface area (TPSA) is 51.5 Å². The minimum Gasteiger partial charge on any atom is -0.481 e. The van der Waals surface area contributed by atoms with E-state index in [1.807, 2.05) is 6.07 Å². The highest BCUT2D eigenvalue weighted by atomic mass is 16.5. The molecule has 4 saturated carbocycles. The molecule has 1 N–H and O–H groups in total. The number of ether oxygens (including phenoxy) is 1. The van der Waals surface area contributed by atoms with Crippen molar-refractivity contribution in [3.05, 3.63) is 48.2 Å². The van der Waals surface area contributed by atoms with E-state index in [0.29, 0.717) is 13.0 Å². The molecule has 0 aliphatic heterocycles. The Balaban J connectivity index is 1.32. The van der Waals surface area contributed by atoms with Crippen LogP contribution in [0.25, 0.3) is 11.3 Å². The number of aryl methyl sites for hydroxylation is 1. The zero-order chi connectivity index (χ0) is 19.8. The molecule has 4 aliphatic carbocycles. The fourth-order valence-corrected chi connectivity index (χ4v) is 6.65. The van der Waals surface area contributed by atoms with Gasteiger partial charge in [0.15, 0.2) is 0 Å². The van der Waals surface area contributed by atoms with Gasteiger partial charge in [-0.05, 0) is 80.4 Å². The Morgan fingerprint density at radius 2 is 1.66 bits per heavy atom. The predicted molar refractivity (Wildman–Crippen MR) is 113 cm³/mol. The van der Waals surface area contributed by atoms with Crippen LogP contribution in [0.2, 0.25) is 0 Å². The van der Waals surface area contributed by atoms with Gasteiger partial charge in [0.1, 0.15) is 0 Å². The summed E-state index contributed by atoms with van der Waals surface area (Å²) in [5.41, 5.74) is 3.53. The van der Waals surface area contributed by atoms with Crippen LogP contribution in [-0.4, -0.2) is 27.9 Å². The molecule has 154 valence electrons. The monoisotopic (exact) mass is 393 g/mol. The first-order valence-corrected chi connectivity index (χ1v) is 11.2. The number of aromatic nitrogens is 1. The van der Waals surface area contributed by atoms with Crippen LogP contribution in [0, 0.1) is 17.8 Å². The van der Waals surface area contributed by atoms with Crippen molar-refractivity contribution in [3.63, 3.8) is 0 Å². The molecule has 0 saturated heterocycles. The molecule has 4 heteroatoms. The van der Waals surface area contributed by atoms with Crippen LogP contribution >= 0.6 is 0 Å². The van der Waals surface area contributed by atoms with E-state index in [4.69, 9.17) is 9.84 Å². The lowest BCUT2D eigenvalue weighted by molar-refractivity contribution is -0.163. The van der Waals surface area contributed by atoms with Crippen LogP contribution in [-0.2, 0) is 22.5 Å². The van der Waals surface area contributed by atoms with Crippen molar-refractivity contribution in [3.8, 4) is 11.3 Å². The Morgan fingerprint density at radius 1 is 1.00 bits per heavy atom. The molecular weight excluding hydrogens is 362 g/mol. The molecule has 2 aromatic rings. The fraction of sp³-hybridized carbons (Fsp3) is 0.560. The van der Waals surface area contributed by atoms with Crippen LogP contribution in [0.4, 0.5) is 0 Å². The lowest BCUT2D eigenvalue weighted by atomic mass is 9.54. The Labute approximate surface area is 172 Å². The van der Waals surface area contributed by atoms with Crippen molar-refractivity contribution >= 4 is 5.97 Å². The number of rotatable bonds is 8. The molecule has 1 heterocycles. The number of benzene rings is 1. The van der Waals surface area contributed by atoms with E-state index in [-0.39, 0.29) is 12.0 Å². The molecule has 1 aromatic carbocycles. The predicted octanol–water partition coefficient (Wildman–Crippen LogP) is 5.16. The zero-order valence-corrected chi connectivity index (χ0v) is 17.1. The normalized spacial score (nSPS) is 30.0. The highest BCUT2D eigenvalue weighted by Crippen LogP contribution is 2.57. The standard InChI is InChI=1S/C25H31NO3/c27-24(28)9-7-22-6-8-23(21-4-2-1-3-5-21)26(22)10-11-29-25-15-18-12-19(16-25)14-20(13-18)17-25/h1-6,8,18-20H,7,9-17H2,(H,27,28). The first-order valence-electron chi connectivity index (χ1n) is 11.2. The first kappa shape index (κ1) is 18.9. The van der Waals surface area contributed by atoms with Gasteiger partial charge in [-0.15, -0.1) is 0 Å². The smallest absolute Gasteiger partial charge is 0.303 e. The summed E-state index contributed by atoms with van der Waals surface area (Å²) in [6.07, 6.45) is 8.76. The number of carbonyl (C=O) groups is 1. The summed E-state index contributed by atoms with van der Waals surface area (Å²) in [5, 5.41) is 9.13. The SMILES string of the molecule is O=C(O)CCc1ccc(-c2ccccc2)n1CCOC12CC3CC(CC(C3)C1)C2. The Bertz CT molecular complexity index is 834. The van der Waals surface area contributed by atoms with Crippen molar-refractivity contribution in [2.75, 3.05) is 6.61 Å². The van der Waals surface area contributed by atoms with E-state index >= 15 is 0 Å². The molecule has 4 bridgehead atoms. The van der Waals surface area contributed by atoms with Crippen molar-refractivity contribution in [2.24, 2.45) is 17.8 Å². The van der Waals surface area contributed by atoms with Gasteiger partial charge >= 0.3 is 5.97 Å². The van der Waals surface area contributed by atoms with E-state index in [0.717, 1.165) is 35.7 Å². The molecule has 0 atom stereocenters. The van der Waals surface area contributed by atoms with Gasteiger partial charge in [0.05, 0.1) is 18.6 Å². The molecule has 29 heavy (non-hydrogen) atoms. The summed E-state index contributed by atoms with van der Waals surface area (Å²) < 4.78 is 8.93. The molecule has 4 nitrogen and oxygen atoms in total. The van der Waals surface area contributed by atoms with Gasteiger partial charge in [0.25, 0.3) is 0 Å². The summed E-state index contributed by atoms with van der Waals surface area (Å²) in [7, 11) is 0. The number of aliphatic carboxylic acids is 1. The summed E-state index contributed by atoms with van der Waals surface area (Å²) in [4.78, 5) is 11.1. The summed E-state index contributed by atoms with van der Waals surface area (Å²) in [6, 6.07) is 14.6. The third kappa shape index (κ3) is 3.87. The van der Waals surface area contributed by atoms with Gasteiger partial charge in [-0.25, -0.2) is 0 Å². The quantitative estimate of drug-likeness (QED) is 0.674. The van der Waals surface area contributed by atoms with Crippen molar-refractivity contribution in [1.82, 2.24) is 4.57 Å². The van der Waals surface area contributed by atoms with Gasteiger partial charge in [0, 0.05) is 17.9 Å². The van der Waals surface area contributed by atoms with Gasteiger partial charge in [-0.3, -0.25) is 4.79 Å². The second-order valence-corrected chi connectivity index (χ2v) is 9.57. The van der Waals surface area contributed by atoms with Crippen molar-refractivity contribution in [1.29, 1.82) is 0 Å². The summed E-state index contributed by atoms with van der Waals surface area (Å²) in [6.45, 7) is 1.49. The minimum absolute atomic E-state index is 0.121. The Morgan fingerprint density at radius 3 is 2.28 bits per heavy atom. The van der Waals surface area contributed by atoms with E-state index in [1.165, 1.54) is 44.1 Å². The first-order chi connectivity index (χ1) is 14.1. The van der Waals surface area contributed by atoms with Crippen LogP contribution in [0.3, 0.4) is 0 Å². The van der Waals surface area contributed by atoms with Gasteiger partial charge in [-0.1, -0.05) is 30.3 Å². The molecule has 1 aromatic heterocycles. The number of carboxylic acids is 1. The maximum atomic E-state index is 11.1. The molecule has 0 radical (unpaired) electrons. The lowest BCUT2D eigenvalue weighted by Crippen LogP contribution is -2.52. The fourth-order valence-electron chi connectivity index (χ4n) is 6.65. The zero-order valence-electron chi connectivity index (χ0n) is 17.1. The van der Waals surface area contributed by atoms with Crippen LogP contribution in [0.5, 0.6) is 0 Å². The second-order valence-electron chi connectivity index (χ2n) is 9.57. The number of hydrogen-bond acceptors (Lipinski definition) is 2. The largest absolute Gasteiger partial charge is 0.481 e. The third-order valence-corrected chi connectivity index (χ3v) is 7.44. The number of hydrogen-bond donors (Lipinski definition) is 1. The maximum Gasteiger partial charge on any atom is 0.303 e. The Kier molecular flexibility index (Phi) is 4.99. The maximum absolute atomic E-state index is 11.1. The second kappa shape index (κ2) is 7.64. The lowest BCUT2D eigenvalue weighted by Gasteiger charge is -2.56. The molecule has 4 aliphatic rings. The average molecular weight is 394 g/mol. The van der Waals surface area contributed by atoms with E-state index in [1.54, 1.807) is 0 Å². The third-order valence-electron chi connectivity index (χ3n) is 7.44. The molecule has 4 fully saturated rings. The van der Waals surface area contributed by atoms with Gasteiger partial charge in [-0.2, -0.15) is 0 Å². The van der Waals surface area contributed by atoms with Gasteiger partial charge in [0.2, 0.25) is 0 Å². The van der Waals surface area contributed by atoms with Gasteiger partial charge < -0.3 is 14.4 Å². The molecule has 6 rings (SSSR count). The van der Waals surface area contributed by atoms with E-state index in [2.05, 4.69) is 41.0 Å². The molecular formula is C25H31NO3. The number of nitrogens with zero attached hydrogens (tertiary/aromatic N) is 1. The van der Waals surface area contributed by atoms with Crippen molar-refractivity contribution in [2.45, 2.75) is 63.5 Å². The molecule has 0 spiro atoms. The summed E-state index contributed by atoms with van der Waals surface area (Å²) >= 11 is 0. The Hall–Kier alpha value is -2.07. The van der Waals surface area contributed by atoms with Crippen LogP contribution < -0.4 is 0 Å². The molecule has 0 amide bonds. The minimum atomic E-state index is -0.746. The van der Waals surface area contributed by atoms with E-state index < -0.39 is 5.97 Å². The van der Waals surface area contributed by atoms with Crippen LogP contribution in [0.15, 0.2) is 42.5 Å². The van der Waals surface area contributed by atoms with E-state index in [9.17, 15) is 4.79 Å². The summed E-state index contributed by atoms with van der Waals surface area (Å²) in [5.74, 6) is 1.92.